The molecule has 0 N–H and O–H groups in total. The average Bonchev–Trinajstić information content (AvgIpc) is 3.06. The van der Waals surface area contributed by atoms with Gasteiger partial charge >= 0.3 is 0 Å². The lowest BCUT2D eigenvalue weighted by Crippen LogP contribution is -2.21. The molecule has 5 heteroatoms. The lowest BCUT2D eigenvalue weighted by molar-refractivity contribution is 0.674. The number of hydrogen-bond acceptors (Lipinski definition) is 4. The van der Waals surface area contributed by atoms with Crippen LogP contribution in [0.4, 0.5) is 5.82 Å². The van der Waals surface area contributed by atoms with Gasteiger partial charge in [-0.2, -0.15) is 5.10 Å². The Morgan fingerprint density at radius 1 is 1.11 bits per heavy atom. The maximum absolute atomic E-state index is 4.78. The fourth-order valence-electron chi connectivity index (χ4n) is 2.79. The third kappa shape index (κ3) is 1.97. The second kappa shape index (κ2) is 4.79. The van der Waals surface area contributed by atoms with Gasteiger partial charge in [-0.3, -0.25) is 4.68 Å². The molecule has 2 aromatic rings. The van der Waals surface area contributed by atoms with E-state index < -0.39 is 0 Å². The molecule has 1 fully saturated rings. The highest BCUT2D eigenvalue weighted by molar-refractivity contribution is 5.88. The Morgan fingerprint density at radius 2 is 1.84 bits per heavy atom. The van der Waals surface area contributed by atoms with Crippen LogP contribution in [0.25, 0.3) is 11.0 Å². The predicted octanol–water partition coefficient (Wildman–Crippen LogP) is 2.32. The molecule has 5 nitrogen and oxygen atoms in total. The zero-order chi connectivity index (χ0) is 13.4. The van der Waals surface area contributed by atoms with E-state index in [9.17, 15) is 0 Å². The van der Waals surface area contributed by atoms with E-state index >= 15 is 0 Å². The van der Waals surface area contributed by atoms with E-state index in [2.05, 4.69) is 28.8 Å². The van der Waals surface area contributed by atoms with Crippen molar-refractivity contribution < 1.29 is 0 Å². The lowest BCUT2D eigenvalue weighted by Gasteiger charge is -2.18. The number of fused-ring (bicyclic) bond motifs is 1. The van der Waals surface area contributed by atoms with Gasteiger partial charge in [-0.25, -0.2) is 9.97 Å². The number of anilines is 1. The SMILES string of the molecule is CCc1nc(N2CCCC2)c2c(n1)c(C)nn2CC. The molecule has 0 aliphatic carbocycles. The molecule has 0 bridgehead atoms. The van der Waals surface area contributed by atoms with Crippen LogP contribution in [-0.4, -0.2) is 32.8 Å². The van der Waals surface area contributed by atoms with Crippen LogP contribution in [0.15, 0.2) is 0 Å². The Hall–Kier alpha value is -1.65. The van der Waals surface area contributed by atoms with Crippen LogP contribution in [0.5, 0.6) is 0 Å². The van der Waals surface area contributed by atoms with Gasteiger partial charge in [-0.1, -0.05) is 6.92 Å². The maximum atomic E-state index is 4.78. The van der Waals surface area contributed by atoms with Crippen molar-refractivity contribution in [3.8, 4) is 0 Å². The van der Waals surface area contributed by atoms with Crippen molar-refractivity contribution >= 4 is 16.9 Å². The van der Waals surface area contributed by atoms with E-state index in [0.717, 1.165) is 54.4 Å². The minimum absolute atomic E-state index is 0.861. The molecule has 0 radical (unpaired) electrons. The van der Waals surface area contributed by atoms with E-state index in [-0.39, 0.29) is 0 Å². The molecular formula is C14H21N5. The second-order valence-corrected chi connectivity index (χ2v) is 5.11. The molecule has 0 spiro atoms. The van der Waals surface area contributed by atoms with Crippen LogP contribution >= 0.6 is 0 Å². The molecule has 3 rings (SSSR count). The van der Waals surface area contributed by atoms with Crippen molar-refractivity contribution in [1.82, 2.24) is 19.7 Å². The second-order valence-electron chi connectivity index (χ2n) is 5.11. The highest BCUT2D eigenvalue weighted by Crippen LogP contribution is 2.28. The summed E-state index contributed by atoms with van der Waals surface area (Å²) in [5.74, 6) is 2.01. The number of aromatic nitrogens is 4. The summed E-state index contributed by atoms with van der Waals surface area (Å²) in [6, 6.07) is 0. The Balaban J connectivity index is 2.26. The summed E-state index contributed by atoms with van der Waals surface area (Å²) in [5, 5.41) is 4.60. The summed E-state index contributed by atoms with van der Waals surface area (Å²) in [6.45, 7) is 9.32. The van der Waals surface area contributed by atoms with Gasteiger partial charge in [-0.15, -0.1) is 0 Å². The first-order valence-corrected chi connectivity index (χ1v) is 7.23. The first-order valence-electron chi connectivity index (χ1n) is 7.23. The first kappa shape index (κ1) is 12.4. The monoisotopic (exact) mass is 259 g/mol. The first-order chi connectivity index (χ1) is 9.24. The molecule has 0 saturated carbocycles. The zero-order valence-electron chi connectivity index (χ0n) is 12.0. The molecule has 1 aliphatic heterocycles. The highest BCUT2D eigenvalue weighted by Gasteiger charge is 2.22. The standard InChI is InChI=1S/C14H21N5/c1-4-11-15-12-10(3)17-19(5-2)13(12)14(16-11)18-8-6-7-9-18/h4-9H2,1-3H3. The van der Waals surface area contributed by atoms with Crippen LogP contribution in [0.2, 0.25) is 0 Å². The third-order valence-electron chi connectivity index (χ3n) is 3.80. The van der Waals surface area contributed by atoms with Gasteiger partial charge in [0.2, 0.25) is 0 Å². The maximum Gasteiger partial charge on any atom is 0.158 e. The van der Waals surface area contributed by atoms with E-state index in [0.29, 0.717) is 0 Å². The Kier molecular flexibility index (Phi) is 3.12. The van der Waals surface area contributed by atoms with Crippen molar-refractivity contribution in [3.05, 3.63) is 11.5 Å². The van der Waals surface area contributed by atoms with Gasteiger partial charge in [0.15, 0.2) is 5.82 Å². The summed E-state index contributed by atoms with van der Waals surface area (Å²) in [7, 11) is 0. The molecule has 102 valence electrons. The zero-order valence-corrected chi connectivity index (χ0v) is 12.0. The fourth-order valence-corrected chi connectivity index (χ4v) is 2.79. The predicted molar refractivity (Wildman–Crippen MR) is 76.6 cm³/mol. The molecule has 3 heterocycles. The number of aryl methyl sites for hydroxylation is 3. The fraction of sp³-hybridized carbons (Fsp3) is 0.643. The van der Waals surface area contributed by atoms with Gasteiger partial charge < -0.3 is 4.90 Å². The van der Waals surface area contributed by atoms with Crippen LogP contribution in [0, 0.1) is 6.92 Å². The van der Waals surface area contributed by atoms with Crippen molar-refractivity contribution in [2.24, 2.45) is 0 Å². The van der Waals surface area contributed by atoms with Gasteiger partial charge in [-0.05, 0) is 26.7 Å². The van der Waals surface area contributed by atoms with Gasteiger partial charge in [0.25, 0.3) is 0 Å². The molecule has 19 heavy (non-hydrogen) atoms. The van der Waals surface area contributed by atoms with Crippen LogP contribution in [0.1, 0.15) is 38.2 Å². The molecular weight excluding hydrogens is 238 g/mol. The van der Waals surface area contributed by atoms with Crippen molar-refractivity contribution in [1.29, 1.82) is 0 Å². The Labute approximate surface area is 113 Å². The van der Waals surface area contributed by atoms with Gasteiger partial charge in [0.05, 0.1) is 5.69 Å². The minimum Gasteiger partial charge on any atom is -0.355 e. The molecule has 0 unspecified atom stereocenters. The molecule has 1 saturated heterocycles. The van der Waals surface area contributed by atoms with Gasteiger partial charge in [0, 0.05) is 26.1 Å². The van der Waals surface area contributed by atoms with Crippen molar-refractivity contribution in [2.75, 3.05) is 18.0 Å². The Bertz CT molecular complexity index is 595. The van der Waals surface area contributed by atoms with Gasteiger partial charge in [0.1, 0.15) is 16.9 Å². The van der Waals surface area contributed by atoms with Crippen molar-refractivity contribution in [3.63, 3.8) is 0 Å². The summed E-state index contributed by atoms with van der Waals surface area (Å²) >= 11 is 0. The molecule has 1 aliphatic rings. The number of rotatable bonds is 3. The molecule has 0 atom stereocenters. The van der Waals surface area contributed by atoms with E-state index in [4.69, 9.17) is 4.98 Å². The van der Waals surface area contributed by atoms with E-state index in [1.807, 2.05) is 11.6 Å². The Morgan fingerprint density at radius 3 is 2.47 bits per heavy atom. The summed E-state index contributed by atoms with van der Waals surface area (Å²) in [5.41, 5.74) is 3.14. The molecule has 0 aromatic carbocycles. The lowest BCUT2D eigenvalue weighted by atomic mass is 10.3. The minimum atomic E-state index is 0.861. The summed E-state index contributed by atoms with van der Waals surface area (Å²) in [4.78, 5) is 11.8. The topological polar surface area (TPSA) is 46.8 Å². The third-order valence-corrected chi connectivity index (χ3v) is 3.80. The quantitative estimate of drug-likeness (QED) is 0.848. The average molecular weight is 259 g/mol. The highest BCUT2D eigenvalue weighted by atomic mass is 15.3. The number of hydrogen-bond donors (Lipinski definition) is 0. The molecule has 2 aromatic heterocycles. The molecule has 0 amide bonds. The van der Waals surface area contributed by atoms with E-state index in [1.54, 1.807) is 0 Å². The van der Waals surface area contributed by atoms with Crippen LogP contribution < -0.4 is 4.90 Å². The van der Waals surface area contributed by atoms with Crippen LogP contribution in [0.3, 0.4) is 0 Å². The smallest absolute Gasteiger partial charge is 0.158 e. The largest absolute Gasteiger partial charge is 0.355 e. The summed E-state index contributed by atoms with van der Waals surface area (Å²) in [6.07, 6.45) is 3.38. The number of nitrogens with zero attached hydrogens (tertiary/aromatic N) is 5. The van der Waals surface area contributed by atoms with E-state index in [1.165, 1.54) is 12.8 Å². The van der Waals surface area contributed by atoms with Crippen molar-refractivity contribution in [2.45, 2.75) is 46.6 Å². The normalized spacial score (nSPS) is 15.6. The van der Waals surface area contributed by atoms with Crippen LogP contribution in [-0.2, 0) is 13.0 Å². The summed E-state index contributed by atoms with van der Waals surface area (Å²) < 4.78 is 2.04.